The number of hydrogen-bond acceptors (Lipinski definition) is 3. The summed E-state index contributed by atoms with van der Waals surface area (Å²) in [5.74, 6) is -0.409. The SMILES string of the molecule is Cc1ccc(S(=O)(=O)N2CC[NH+](CC(=O)NCc3ccc(F)cc3)CC2)c(C)c1. The average molecular weight is 421 g/mol. The minimum atomic E-state index is -3.52. The van der Waals surface area contributed by atoms with Crippen molar-refractivity contribution in [2.45, 2.75) is 25.3 Å². The van der Waals surface area contributed by atoms with Crippen molar-refractivity contribution in [1.29, 1.82) is 0 Å². The summed E-state index contributed by atoms with van der Waals surface area (Å²) in [5.41, 5.74) is 2.61. The fraction of sp³-hybridized carbons (Fsp3) is 0.381. The molecule has 1 aliphatic rings. The second kappa shape index (κ2) is 9.02. The molecule has 1 aliphatic heterocycles. The van der Waals surface area contributed by atoms with Gasteiger partial charge in [-0.2, -0.15) is 4.31 Å². The Morgan fingerprint density at radius 2 is 1.76 bits per heavy atom. The van der Waals surface area contributed by atoms with Crippen LogP contribution >= 0.6 is 0 Å². The van der Waals surface area contributed by atoms with Crippen LogP contribution in [0.3, 0.4) is 0 Å². The normalized spacial score (nSPS) is 16.0. The van der Waals surface area contributed by atoms with Crippen molar-refractivity contribution in [2.75, 3.05) is 32.7 Å². The van der Waals surface area contributed by atoms with Crippen LogP contribution < -0.4 is 10.2 Å². The van der Waals surface area contributed by atoms with Gasteiger partial charge in [-0.15, -0.1) is 0 Å². The lowest BCUT2D eigenvalue weighted by molar-refractivity contribution is -0.895. The van der Waals surface area contributed by atoms with E-state index in [0.717, 1.165) is 21.6 Å². The van der Waals surface area contributed by atoms with Crippen LogP contribution in [0.2, 0.25) is 0 Å². The fourth-order valence-corrected chi connectivity index (χ4v) is 5.19. The molecule has 8 heteroatoms. The van der Waals surface area contributed by atoms with Crippen LogP contribution in [0.5, 0.6) is 0 Å². The molecule has 2 N–H and O–H groups in total. The lowest BCUT2D eigenvalue weighted by atomic mass is 10.2. The molecule has 1 saturated heterocycles. The number of quaternary nitrogens is 1. The van der Waals surface area contributed by atoms with Gasteiger partial charge in [0.2, 0.25) is 10.0 Å². The Labute approximate surface area is 171 Å². The van der Waals surface area contributed by atoms with E-state index in [9.17, 15) is 17.6 Å². The second-order valence-corrected chi connectivity index (χ2v) is 9.41. The summed E-state index contributed by atoms with van der Waals surface area (Å²) in [5, 5.41) is 2.83. The van der Waals surface area contributed by atoms with Gasteiger partial charge in [-0.25, -0.2) is 12.8 Å². The molecule has 1 heterocycles. The molecule has 29 heavy (non-hydrogen) atoms. The number of nitrogens with one attached hydrogen (secondary N) is 2. The number of amides is 1. The number of carbonyl (C=O) groups excluding carboxylic acids is 1. The third-order valence-corrected chi connectivity index (χ3v) is 7.25. The molecule has 0 saturated carbocycles. The number of hydrogen-bond donors (Lipinski definition) is 2. The van der Waals surface area contributed by atoms with E-state index in [1.165, 1.54) is 16.4 Å². The van der Waals surface area contributed by atoms with Gasteiger partial charge < -0.3 is 10.2 Å². The van der Waals surface area contributed by atoms with Crippen LogP contribution in [0.1, 0.15) is 16.7 Å². The van der Waals surface area contributed by atoms with Gasteiger partial charge in [0, 0.05) is 6.54 Å². The average Bonchev–Trinajstić information content (AvgIpc) is 2.67. The van der Waals surface area contributed by atoms with Crippen molar-refractivity contribution < 1.29 is 22.5 Å². The second-order valence-electron chi connectivity index (χ2n) is 7.50. The molecular formula is C21H27FN3O3S+. The first-order valence-electron chi connectivity index (χ1n) is 9.68. The maximum absolute atomic E-state index is 12.9. The first kappa shape index (κ1) is 21.4. The van der Waals surface area contributed by atoms with Gasteiger partial charge in [0.25, 0.3) is 5.91 Å². The Bertz CT molecular complexity index is 969. The maximum Gasteiger partial charge on any atom is 0.275 e. The van der Waals surface area contributed by atoms with Crippen molar-refractivity contribution >= 4 is 15.9 Å². The molecule has 1 amide bonds. The molecule has 0 bridgehead atoms. The highest BCUT2D eigenvalue weighted by Gasteiger charge is 2.31. The molecule has 6 nitrogen and oxygen atoms in total. The van der Waals surface area contributed by atoms with E-state index >= 15 is 0 Å². The molecule has 1 fully saturated rings. The first-order chi connectivity index (χ1) is 13.8. The van der Waals surface area contributed by atoms with Crippen molar-refractivity contribution in [3.63, 3.8) is 0 Å². The molecule has 2 aromatic rings. The van der Waals surface area contributed by atoms with Crippen molar-refractivity contribution in [3.8, 4) is 0 Å². The van der Waals surface area contributed by atoms with Crippen LogP contribution in [0.15, 0.2) is 47.4 Å². The van der Waals surface area contributed by atoms with Gasteiger partial charge in [0.05, 0.1) is 31.1 Å². The zero-order chi connectivity index (χ0) is 21.0. The van der Waals surface area contributed by atoms with Crippen LogP contribution in [0.25, 0.3) is 0 Å². The monoisotopic (exact) mass is 420 g/mol. The Hall–Kier alpha value is -2.29. The lowest BCUT2D eigenvalue weighted by Crippen LogP contribution is -3.15. The molecule has 156 valence electrons. The van der Waals surface area contributed by atoms with Gasteiger partial charge in [-0.1, -0.05) is 29.8 Å². The lowest BCUT2D eigenvalue weighted by Gasteiger charge is -2.31. The quantitative estimate of drug-likeness (QED) is 0.721. The van der Waals surface area contributed by atoms with Gasteiger partial charge in [0.1, 0.15) is 5.82 Å². The maximum atomic E-state index is 12.9. The number of halogens is 1. The third kappa shape index (κ3) is 5.41. The number of carbonyl (C=O) groups is 1. The Morgan fingerprint density at radius 3 is 2.38 bits per heavy atom. The summed E-state index contributed by atoms with van der Waals surface area (Å²) < 4.78 is 40.3. The summed E-state index contributed by atoms with van der Waals surface area (Å²) in [6.45, 7) is 6.31. The molecule has 0 atom stereocenters. The Morgan fingerprint density at radius 1 is 1.10 bits per heavy atom. The molecule has 0 radical (unpaired) electrons. The number of aryl methyl sites for hydroxylation is 2. The molecule has 0 spiro atoms. The van der Waals surface area contributed by atoms with E-state index in [0.29, 0.717) is 44.2 Å². The molecule has 0 unspecified atom stereocenters. The predicted octanol–water partition coefficient (Wildman–Crippen LogP) is 0.648. The summed E-state index contributed by atoms with van der Waals surface area (Å²) in [6, 6.07) is 11.4. The molecule has 3 rings (SSSR count). The minimum Gasteiger partial charge on any atom is -0.347 e. The van der Waals surface area contributed by atoms with E-state index in [2.05, 4.69) is 5.32 Å². The summed E-state index contributed by atoms with van der Waals surface area (Å²) in [7, 11) is -3.52. The van der Waals surface area contributed by atoms with E-state index in [1.54, 1.807) is 18.2 Å². The van der Waals surface area contributed by atoms with Crippen molar-refractivity contribution in [2.24, 2.45) is 0 Å². The van der Waals surface area contributed by atoms with Crippen molar-refractivity contribution in [1.82, 2.24) is 9.62 Å². The summed E-state index contributed by atoms with van der Waals surface area (Å²) in [6.07, 6.45) is 0. The van der Waals surface area contributed by atoms with Crippen LogP contribution in [-0.4, -0.2) is 51.4 Å². The van der Waals surface area contributed by atoms with E-state index in [1.807, 2.05) is 26.0 Å². The number of benzene rings is 2. The predicted molar refractivity (Wildman–Crippen MR) is 108 cm³/mol. The standard InChI is InChI=1S/C21H26FN3O3S/c1-16-3-8-20(17(2)13-16)29(27,28)25-11-9-24(10-12-25)15-21(26)23-14-18-4-6-19(22)7-5-18/h3-8,13H,9-12,14-15H2,1-2H3,(H,23,26)/p+1. The van der Waals surface area contributed by atoms with Gasteiger partial charge in [0.15, 0.2) is 6.54 Å². The van der Waals surface area contributed by atoms with Gasteiger partial charge in [-0.3, -0.25) is 4.79 Å². The third-order valence-electron chi connectivity index (χ3n) is 5.19. The highest BCUT2D eigenvalue weighted by atomic mass is 32.2. The smallest absolute Gasteiger partial charge is 0.275 e. The summed E-state index contributed by atoms with van der Waals surface area (Å²) >= 11 is 0. The van der Waals surface area contributed by atoms with Crippen LogP contribution in [0, 0.1) is 19.7 Å². The fourth-order valence-electron chi connectivity index (χ4n) is 3.54. The molecule has 0 aromatic heterocycles. The Balaban J connectivity index is 1.50. The Kier molecular flexibility index (Phi) is 6.66. The van der Waals surface area contributed by atoms with Gasteiger partial charge >= 0.3 is 0 Å². The number of rotatable bonds is 6. The van der Waals surface area contributed by atoms with E-state index in [-0.39, 0.29) is 11.7 Å². The van der Waals surface area contributed by atoms with Gasteiger partial charge in [-0.05, 0) is 43.2 Å². The number of piperazine rings is 1. The zero-order valence-electron chi connectivity index (χ0n) is 16.7. The highest BCUT2D eigenvalue weighted by Crippen LogP contribution is 2.20. The van der Waals surface area contributed by atoms with E-state index in [4.69, 9.17) is 0 Å². The minimum absolute atomic E-state index is 0.102. The largest absolute Gasteiger partial charge is 0.347 e. The highest BCUT2D eigenvalue weighted by molar-refractivity contribution is 7.89. The topological polar surface area (TPSA) is 70.9 Å². The molecular weight excluding hydrogens is 393 g/mol. The molecule has 2 aromatic carbocycles. The first-order valence-corrected chi connectivity index (χ1v) is 11.1. The number of nitrogens with zero attached hydrogens (tertiary/aromatic N) is 1. The van der Waals surface area contributed by atoms with E-state index < -0.39 is 10.0 Å². The van der Waals surface area contributed by atoms with Crippen LogP contribution in [-0.2, 0) is 21.4 Å². The number of sulfonamides is 1. The zero-order valence-corrected chi connectivity index (χ0v) is 17.6. The van der Waals surface area contributed by atoms with Crippen LogP contribution in [0.4, 0.5) is 4.39 Å². The van der Waals surface area contributed by atoms with Crippen molar-refractivity contribution in [3.05, 3.63) is 65.0 Å². The summed E-state index contributed by atoms with van der Waals surface area (Å²) in [4.78, 5) is 13.6. The molecule has 0 aliphatic carbocycles.